The highest BCUT2D eigenvalue weighted by molar-refractivity contribution is 7.91. The molecule has 72 valence electrons. The second-order valence-corrected chi connectivity index (χ2v) is 6.56. The van der Waals surface area contributed by atoms with Crippen LogP contribution in [0.2, 0.25) is 0 Å². The number of sulfone groups is 1. The van der Waals surface area contributed by atoms with E-state index in [9.17, 15) is 12.8 Å². The SMILES string of the molecule is CC1(C)CCS(=O)(=O)CC(F)C1. The summed E-state index contributed by atoms with van der Waals surface area (Å²) < 4.78 is 35.3. The topological polar surface area (TPSA) is 34.1 Å². The molecule has 1 atom stereocenters. The Balaban J connectivity index is 2.79. The van der Waals surface area contributed by atoms with Crippen molar-refractivity contribution in [3.8, 4) is 0 Å². The Kier molecular flexibility index (Phi) is 2.47. The van der Waals surface area contributed by atoms with Gasteiger partial charge in [0, 0.05) is 0 Å². The van der Waals surface area contributed by atoms with Gasteiger partial charge in [-0.2, -0.15) is 0 Å². The molecule has 4 heteroatoms. The van der Waals surface area contributed by atoms with Gasteiger partial charge in [0.25, 0.3) is 0 Å². The highest BCUT2D eigenvalue weighted by Crippen LogP contribution is 2.32. The summed E-state index contributed by atoms with van der Waals surface area (Å²) in [5, 5.41) is 0. The first kappa shape index (κ1) is 9.96. The van der Waals surface area contributed by atoms with Crippen LogP contribution in [0.3, 0.4) is 0 Å². The molecule has 1 heterocycles. The Hall–Kier alpha value is -0.120. The van der Waals surface area contributed by atoms with Crippen LogP contribution >= 0.6 is 0 Å². The molecule has 0 aromatic rings. The molecule has 0 spiro atoms. The van der Waals surface area contributed by atoms with E-state index in [4.69, 9.17) is 0 Å². The molecule has 0 amide bonds. The molecule has 0 aliphatic carbocycles. The summed E-state index contributed by atoms with van der Waals surface area (Å²) in [7, 11) is -3.11. The molecule has 1 aliphatic rings. The van der Waals surface area contributed by atoms with Gasteiger partial charge in [0.15, 0.2) is 9.84 Å². The van der Waals surface area contributed by atoms with Gasteiger partial charge in [-0.15, -0.1) is 0 Å². The summed E-state index contributed by atoms with van der Waals surface area (Å²) >= 11 is 0. The summed E-state index contributed by atoms with van der Waals surface area (Å²) in [4.78, 5) is 0. The van der Waals surface area contributed by atoms with Crippen molar-refractivity contribution < 1.29 is 12.8 Å². The van der Waals surface area contributed by atoms with Crippen LogP contribution in [0.1, 0.15) is 26.7 Å². The van der Waals surface area contributed by atoms with Gasteiger partial charge in [0.05, 0.1) is 11.5 Å². The first-order valence-corrected chi connectivity index (χ1v) is 5.97. The van der Waals surface area contributed by atoms with Crippen molar-refractivity contribution in [3.63, 3.8) is 0 Å². The lowest BCUT2D eigenvalue weighted by Crippen LogP contribution is -2.17. The quantitative estimate of drug-likeness (QED) is 0.586. The minimum atomic E-state index is -3.11. The van der Waals surface area contributed by atoms with Crippen molar-refractivity contribution in [1.82, 2.24) is 0 Å². The third-order valence-corrected chi connectivity index (χ3v) is 3.99. The molecule has 0 radical (unpaired) electrons. The average Bonchev–Trinajstić information content (AvgIpc) is 1.87. The molecule has 12 heavy (non-hydrogen) atoms. The summed E-state index contributed by atoms with van der Waals surface area (Å²) in [5.74, 6) is -0.142. The van der Waals surface area contributed by atoms with Crippen LogP contribution in [0, 0.1) is 5.41 Å². The van der Waals surface area contributed by atoms with Gasteiger partial charge in [0.2, 0.25) is 0 Å². The normalized spacial score (nSPS) is 34.1. The summed E-state index contributed by atoms with van der Waals surface area (Å²) in [5.41, 5.74) is -0.164. The highest BCUT2D eigenvalue weighted by Gasteiger charge is 2.32. The lowest BCUT2D eigenvalue weighted by atomic mass is 9.85. The van der Waals surface area contributed by atoms with E-state index in [0.29, 0.717) is 12.8 Å². The van der Waals surface area contributed by atoms with Gasteiger partial charge in [-0.1, -0.05) is 13.8 Å². The molecule has 0 saturated carbocycles. The molecule has 1 fully saturated rings. The Bertz CT molecular complexity index is 256. The number of hydrogen-bond donors (Lipinski definition) is 0. The Morgan fingerprint density at radius 2 is 2.00 bits per heavy atom. The van der Waals surface area contributed by atoms with E-state index in [1.807, 2.05) is 13.8 Å². The van der Waals surface area contributed by atoms with Crippen molar-refractivity contribution in [2.45, 2.75) is 32.9 Å². The lowest BCUT2D eigenvalue weighted by molar-refractivity contribution is 0.226. The van der Waals surface area contributed by atoms with Crippen molar-refractivity contribution in [1.29, 1.82) is 0 Å². The van der Waals surface area contributed by atoms with Gasteiger partial charge in [-0.05, 0) is 18.3 Å². The molecule has 1 unspecified atom stereocenters. The van der Waals surface area contributed by atoms with Crippen molar-refractivity contribution in [2.24, 2.45) is 5.41 Å². The van der Waals surface area contributed by atoms with Crippen LogP contribution < -0.4 is 0 Å². The van der Waals surface area contributed by atoms with Crippen LogP contribution in [0.4, 0.5) is 4.39 Å². The van der Waals surface area contributed by atoms with Crippen LogP contribution in [0.25, 0.3) is 0 Å². The Morgan fingerprint density at radius 1 is 1.42 bits per heavy atom. The van der Waals surface area contributed by atoms with E-state index in [1.54, 1.807) is 0 Å². The molecule has 1 rings (SSSR count). The maximum atomic E-state index is 13.1. The second kappa shape index (κ2) is 2.98. The number of hydrogen-bond acceptors (Lipinski definition) is 2. The molecular weight excluding hydrogens is 179 g/mol. The molecule has 0 N–H and O–H groups in total. The van der Waals surface area contributed by atoms with E-state index in [2.05, 4.69) is 0 Å². The molecule has 1 saturated heterocycles. The highest BCUT2D eigenvalue weighted by atomic mass is 32.2. The Labute approximate surface area is 73.1 Å². The fraction of sp³-hybridized carbons (Fsp3) is 1.00. The summed E-state index contributed by atoms with van der Waals surface area (Å²) in [6.45, 7) is 3.83. The van der Waals surface area contributed by atoms with Crippen LogP contribution in [-0.2, 0) is 9.84 Å². The summed E-state index contributed by atoms with van der Waals surface area (Å²) in [6.07, 6.45) is -0.227. The van der Waals surface area contributed by atoms with E-state index < -0.39 is 16.0 Å². The van der Waals surface area contributed by atoms with Gasteiger partial charge < -0.3 is 0 Å². The largest absolute Gasteiger partial charge is 0.246 e. The predicted octanol–water partition coefficient (Wildman–Crippen LogP) is 1.56. The van der Waals surface area contributed by atoms with E-state index >= 15 is 0 Å². The number of alkyl halides is 1. The number of halogens is 1. The van der Waals surface area contributed by atoms with Crippen LogP contribution in [0.5, 0.6) is 0 Å². The van der Waals surface area contributed by atoms with E-state index in [0.717, 1.165) is 0 Å². The molecule has 0 bridgehead atoms. The zero-order valence-electron chi connectivity index (χ0n) is 7.51. The third kappa shape index (κ3) is 2.73. The number of rotatable bonds is 0. The van der Waals surface area contributed by atoms with Crippen LogP contribution in [0.15, 0.2) is 0 Å². The third-order valence-electron chi connectivity index (χ3n) is 2.30. The van der Waals surface area contributed by atoms with E-state index in [1.165, 1.54) is 0 Å². The molecule has 0 aromatic carbocycles. The summed E-state index contributed by atoms with van der Waals surface area (Å²) in [6, 6.07) is 0. The van der Waals surface area contributed by atoms with Gasteiger partial charge in [-0.3, -0.25) is 0 Å². The average molecular weight is 194 g/mol. The molecule has 2 nitrogen and oxygen atoms in total. The Morgan fingerprint density at radius 3 is 2.58 bits per heavy atom. The van der Waals surface area contributed by atoms with Gasteiger partial charge in [-0.25, -0.2) is 12.8 Å². The first-order chi connectivity index (χ1) is 5.31. The fourth-order valence-electron chi connectivity index (χ4n) is 1.55. The predicted molar refractivity (Wildman–Crippen MR) is 46.6 cm³/mol. The van der Waals surface area contributed by atoms with E-state index in [-0.39, 0.29) is 16.9 Å². The monoisotopic (exact) mass is 194 g/mol. The first-order valence-electron chi connectivity index (χ1n) is 4.15. The van der Waals surface area contributed by atoms with Gasteiger partial charge in [0.1, 0.15) is 6.17 Å². The molecule has 1 aliphatic heterocycles. The van der Waals surface area contributed by atoms with Crippen molar-refractivity contribution in [3.05, 3.63) is 0 Å². The molecule has 0 aromatic heterocycles. The fourth-order valence-corrected chi connectivity index (χ4v) is 3.25. The maximum Gasteiger partial charge on any atom is 0.153 e. The lowest BCUT2D eigenvalue weighted by Gasteiger charge is -2.21. The minimum Gasteiger partial charge on any atom is -0.246 e. The van der Waals surface area contributed by atoms with Crippen molar-refractivity contribution in [2.75, 3.05) is 11.5 Å². The van der Waals surface area contributed by atoms with Gasteiger partial charge >= 0.3 is 0 Å². The second-order valence-electron chi connectivity index (χ2n) is 4.33. The van der Waals surface area contributed by atoms with Crippen LogP contribution in [-0.4, -0.2) is 26.1 Å². The maximum absolute atomic E-state index is 13.1. The molecular formula is C8H15FO2S. The minimum absolute atomic E-state index is 0.139. The smallest absolute Gasteiger partial charge is 0.153 e. The van der Waals surface area contributed by atoms with Crippen molar-refractivity contribution >= 4 is 9.84 Å². The standard InChI is InChI=1S/C8H15FO2S/c1-8(2)3-4-12(10,11)6-7(9)5-8/h7H,3-6H2,1-2H3. The zero-order chi connectivity index (χ0) is 9.41. The zero-order valence-corrected chi connectivity index (χ0v) is 8.32.